The number of fused-ring (bicyclic) bond motifs is 3. The van der Waals surface area contributed by atoms with Crippen LogP contribution in [0.2, 0.25) is 0 Å². The van der Waals surface area contributed by atoms with Gasteiger partial charge in [0, 0.05) is 0 Å². The molecule has 0 saturated carbocycles. The van der Waals surface area contributed by atoms with Crippen molar-refractivity contribution >= 4 is 5.97 Å². The molecule has 3 aliphatic heterocycles. The molecule has 0 N–H and O–H groups in total. The van der Waals surface area contributed by atoms with E-state index in [1.807, 2.05) is 0 Å². The lowest BCUT2D eigenvalue weighted by molar-refractivity contribution is -0.236. The Bertz CT molecular complexity index is 730. The summed E-state index contributed by atoms with van der Waals surface area (Å²) in [5.41, 5.74) is 0. The molecule has 0 aliphatic carbocycles. The Labute approximate surface area is 157 Å². The molecule has 0 aromatic heterocycles. The Morgan fingerprint density at radius 3 is 2.19 bits per heavy atom. The number of methoxy groups -OCH3 is 1. The molecule has 0 spiro atoms. The van der Waals surface area contributed by atoms with E-state index in [1.54, 1.807) is 52.0 Å². The molecule has 1 aromatic rings. The van der Waals surface area contributed by atoms with E-state index in [0.29, 0.717) is 11.5 Å². The lowest BCUT2D eigenvalue weighted by Gasteiger charge is -2.35. The van der Waals surface area contributed by atoms with Crippen LogP contribution in [-0.4, -0.2) is 55.4 Å². The van der Waals surface area contributed by atoms with Gasteiger partial charge in [-0.15, -0.1) is 0 Å². The smallest absolute Gasteiger partial charge is 0.343 e. The van der Waals surface area contributed by atoms with Gasteiger partial charge in [-0.25, -0.2) is 4.79 Å². The normalized spacial score (nSPS) is 36.0. The summed E-state index contributed by atoms with van der Waals surface area (Å²) in [6.45, 7) is 7.13. The fourth-order valence-electron chi connectivity index (χ4n) is 3.67. The van der Waals surface area contributed by atoms with Crippen molar-refractivity contribution in [2.75, 3.05) is 7.11 Å². The van der Waals surface area contributed by atoms with Gasteiger partial charge in [0.05, 0.1) is 7.11 Å². The number of rotatable bonds is 3. The molecule has 0 bridgehead atoms. The number of carbonyl (C=O) groups is 1. The van der Waals surface area contributed by atoms with Gasteiger partial charge >= 0.3 is 5.97 Å². The lowest BCUT2D eigenvalue weighted by atomic mass is 9.99. The van der Waals surface area contributed by atoms with Crippen LogP contribution in [0.25, 0.3) is 0 Å². The Morgan fingerprint density at radius 2 is 1.48 bits per heavy atom. The van der Waals surface area contributed by atoms with Gasteiger partial charge in [0.25, 0.3) is 0 Å². The zero-order valence-corrected chi connectivity index (χ0v) is 16.0. The fraction of sp³-hybridized carbons (Fsp3) is 0.632. The quantitative estimate of drug-likeness (QED) is 0.582. The maximum Gasteiger partial charge on any atom is 0.343 e. The summed E-state index contributed by atoms with van der Waals surface area (Å²) >= 11 is 0. The minimum atomic E-state index is -1.03. The van der Waals surface area contributed by atoms with Gasteiger partial charge in [0.2, 0.25) is 0 Å². The molecule has 3 heterocycles. The van der Waals surface area contributed by atoms with Crippen molar-refractivity contribution in [3.8, 4) is 11.5 Å². The number of benzene rings is 1. The van der Waals surface area contributed by atoms with Crippen molar-refractivity contribution < 1.29 is 38.0 Å². The van der Waals surface area contributed by atoms with Crippen molar-refractivity contribution in [3.05, 3.63) is 24.3 Å². The summed E-state index contributed by atoms with van der Waals surface area (Å²) in [6, 6.07) is 6.89. The largest absolute Gasteiger partial charge is 0.493 e. The Morgan fingerprint density at radius 1 is 0.889 bits per heavy atom. The van der Waals surface area contributed by atoms with Crippen molar-refractivity contribution in [2.24, 2.45) is 0 Å². The summed E-state index contributed by atoms with van der Waals surface area (Å²) in [6.07, 6.45) is -3.48. The van der Waals surface area contributed by atoms with Crippen LogP contribution in [0.5, 0.6) is 11.5 Å². The van der Waals surface area contributed by atoms with Gasteiger partial charge in [-0.05, 0) is 39.8 Å². The monoisotopic (exact) mass is 380 g/mol. The second-order valence-corrected chi connectivity index (χ2v) is 7.66. The van der Waals surface area contributed by atoms with Crippen LogP contribution in [-0.2, 0) is 28.5 Å². The molecule has 148 valence electrons. The zero-order valence-electron chi connectivity index (χ0n) is 16.0. The van der Waals surface area contributed by atoms with E-state index in [4.69, 9.17) is 33.2 Å². The Balaban J connectivity index is 1.59. The third-order valence-electron chi connectivity index (χ3n) is 4.67. The van der Waals surface area contributed by atoms with Crippen LogP contribution in [0, 0.1) is 0 Å². The number of ether oxygens (including phenoxy) is 7. The lowest BCUT2D eigenvalue weighted by Crippen LogP contribution is -2.58. The topological polar surface area (TPSA) is 81.7 Å². The first kappa shape index (κ1) is 18.6. The minimum absolute atomic E-state index is 0.300. The molecule has 1 aromatic carbocycles. The molecule has 8 heteroatoms. The summed E-state index contributed by atoms with van der Waals surface area (Å²) < 4.78 is 40.3. The van der Waals surface area contributed by atoms with E-state index in [1.165, 1.54) is 7.11 Å². The Kier molecular flexibility index (Phi) is 4.44. The number of hydrogen-bond acceptors (Lipinski definition) is 8. The predicted octanol–water partition coefficient (Wildman–Crippen LogP) is 2.00. The van der Waals surface area contributed by atoms with Gasteiger partial charge in [-0.1, -0.05) is 12.1 Å². The van der Waals surface area contributed by atoms with Gasteiger partial charge in [0.1, 0.15) is 18.3 Å². The van der Waals surface area contributed by atoms with Gasteiger partial charge in [-0.2, -0.15) is 0 Å². The highest BCUT2D eigenvalue weighted by Crippen LogP contribution is 2.44. The van der Waals surface area contributed by atoms with Crippen LogP contribution in [0.4, 0.5) is 0 Å². The van der Waals surface area contributed by atoms with Crippen molar-refractivity contribution in [2.45, 2.75) is 70.0 Å². The fourth-order valence-corrected chi connectivity index (χ4v) is 3.67. The summed E-state index contributed by atoms with van der Waals surface area (Å²) in [7, 11) is 1.51. The number of hydrogen-bond donors (Lipinski definition) is 0. The van der Waals surface area contributed by atoms with Gasteiger partial charge < -0.3 is 33.2 Å². The SMILES string of the molecule is COc1ccccc1OC(=O)[C@H]1O[C@@H]2OC(C)(C)O[C@@H]2[C@H]2OC(C)(C)O[C@H]21. The maximum atomic E-state index is 12.9. The molecule has 5 atom stereocenters. The Hall–Kier alpha value is -1.71. The highest BCUT2D eigenvalue weighted by molar-refractivity contribution is 5.79. The zero-order chi connectivity index (χ0) is 19.4. The molecule has 0 radical (unpaired) electrons. The third-order valence-corrected chi connectivity index (χ3v) is 4.67. The highest BCUT2D eigenvalue weighted by Gasteiger charge is 2.62. The molecular weight excluding hydrogens is 356 g/mol. The van der Waals surface area contributed by atoms with E-state index in [0.717, 1.165) is 0 Å². The molecule has 0 amide bonds. The first-order chi connectivity index (χ1) is 12.7. The van der Waals surface area contributed by atoms with Crippen LogP contribution >= 0.6 is 0 Å². The van der Waals surface area contributed by atoms with Crippen molar-refractivity contribution in [1.29, 1.82) is 0 Å². The summed E-state index contributed by atoms with van der Waals surface area (Å²) in [5.74, 6) is -1.59. The molecule has 3 aliphatic rings. The molecule has 4 rings (SSSR count). The van der Waals surface area contributed by atoms with E-state index in [2.05, 4.69) is 0 Å². The summed E-state index contributed by atoms with van der Waals surface area (Å²) in [4.78, 5) is 12.9. The van der Waals surface area contributed by atoms with E-state index >= 15 is 0 Å². The first-order valence-electron chi connectivity index (χ1n) is 8.90. The van der Waals surface area contributed by atoms with Crippen LogP contribution in [0.15, 0.2) is 24.3 Å². The second-order valence-electron chi connectivity index (χ2n) is 7.66. The number of esters is 1. The van der Waals surface area contributed by atoms with Gasteiger partial charge in [-0.3, -0.25) is 0 Å². The molecule has 3 saturated heterocycles. The first-order valence-corrected chi connectivity index (χ1v) is 8.90. The molecular formula is C19H24O8. The molecule has 27 heavy (non-hydrogen) atoms. The second kappa shape index (κ2) is 6.42. The molecule has 3 fully saturated rings. The average Bonchev–Trinajstić information content (AvgIpc) is 3.08. The maximum absolute atomic E-state index is 12.9. The number of carbonyl (C=O) groups excluding carboxylic acids is 1. The van der Waals surface area contributed by atoms with Crippen LogP contribution in [0.3, 0.4) is 0 Å². The van der Waals surface area contributed by atoms with E-state index in [9.17, 15) is 4.79 Å². The van der Waals surface area contributed by atoms with Crippen molar-refractivity contribution in [1.82, 2.24) is 0 Å². The standard InChI is InChI=1S/C19H24O8/c1-18(2)24-12-13(25-18)15-17(27-19(3,4)26-15)23-14(12)16(20)22-11-9-7-6-8-10(11)21-5/h6-9,12-15,17H,1-5H3/t12-,13+,14+,15-,17-/m1/s1. The van der Waals surface area contributed by atoms with Crippen molar-refractivity contribution in [3.63, 3.8) is 0 Å². The number of para-hydroxylation sites is 2. The average molecular weight is 380 g/mol. The van der Waals surface area contributed by atoms with Crippen LogP contribution in [0.1, 0.15) is 27.7 Å². The predicted molar refractivity (Wildman–Crippen MR) is 91.2 cm³/mol. The van der Waals surface area contributed by atoms with E-state index < -0.39 is 48.2 Å². The minimum Gasteiger partial charge on any atom is -0.493 e. The highest BCUT2D eigenvalue weighted by atomic mass is 16.9. The van der Waals surface area contributed by atoms with E-state index in [-0.39, 0.29) is 0 Å². The van der Waals surface area contributed by atoms with Gasteiger partial charge in [0.15, 0.2) is 35.5 Å². The molecule has 0 unspecified atom stereocenters. The third kappa shape index (κ3) is 3.43. The molecule has 8 nitrogen and oxygen atoms in total. The van der Waals surface area contributed by atoms with Crippen LogP contribution < -0.4 is 9.47 Å². The summed E-state index contributed by atoms with van der Waals surface area (Å²) in [5, 5.41) is 0.